The number of nitrogens with one attached hydrogen (secondary N) is 1. The van der Waals surface area contributed by atoms with E-state index in [4.69, 9.17) is 0 Å². The van der Waals surface area contributed by atoms with Gasteiger partial charge in [-0.15, -0.1) is 0 Å². The zero-order valence-corrected chi connectivity index (χ0v) is 12.9. The van der Waals surface area contributed by atoms with Crippen LogP contribution in [0.5, 0.6) is 0 Å². The Morgan fingerprint density at radius 2 is 2.10 bits per heavy atom. The third-order valence-electron chi connectivity index (χ3n) is 4.40. The molecule has 1 heterocycles. The Labute approximate surface area is 127 Å². The smallest absolute Gasteiger partial charge is 0.123 e. The van der Waals surface area contributed by atoms with Gasteiger partial charge in [-0.2, -0.15) is 0 Å². The van der Waals surface area contributed by atoms with Crippen LogP contribution in [0.2, 0.25) is 0 Å². The second kappa shape index (κ2) is 8.47. The zero-order chi connectivity index (χ0) is 15.1. The topological polar surface area (TPSA) is 35.5 Å². The quantitative estimate of drug-likeness (QED) is 0.724. The van der Waals surface area contributed by atoms with Gasteiger partial charge in [0, 0.05) is 12.1 Å². The summed E-state index contributed by atoms with van der Waals surface area (Å²) in [6.07, 6.45) is 4.63. The molecule has 2 N–H and O–H groups in total. The van der Waals surface area contributed by atoms with Gasteiger partial charge in [0.25, 0.3) is 0 Å². The van der Waals surface area contributed by atoms with Gasteiger partial charge >= 0.3 is 0 Å². The normalized spacial score (nSPS) is 20.8. The highest BCUT2D eigenvalue weighted by Gasteiger charge is 2.22. The van der Waals surface area contributed by atoms with Crippen molar-refractivity contribution < 1.29 is 9.50 Å². The molecule has 1 aromatic carbocycles. The van der Waals surface area contributed by atoms with Crippen LogP contribution in [0, 0.1) is 5.82 Å². The van der Waals surface area contributed by atoms with Gasteiger partial charge in [-0.1, -0.05) is 12.1 Å². The first-order chi connectivity index (χ1) is 10.2. The summed E-state index contributed by atoms with van der Waals surface area (Å²) in [6.45, 7) is 5.58. The third kappa shape index (κ3) is 5.06. The van der Waals surface area contributed by atoms with Crippen molar-refractivity contribution in [1.29, 1.82) is 0 Å². The molecule has 1 aliphatic heterocycles. The number of nitrogens with zero attached hydrogens (tertiary/aromatic N) is 1. The minimum Gasteiger partial charge on any atom is -0.395 e. The van der Waals surface area contributed by atoms with Crippen LogP contribution >= 0.6 is 0 Å². The molecule has 3 nitrogen and oxygen atoms in total. The minimum atomic E-state index is -0.185. The van der Waals surface area contributed by atoms with Gasteiger partial charge in [-0.3, -0.25) is 4.90 Å². The summed E-state index contributed by atoms with van der Waals surface area (Å²) >= 11 is 0. The molecular formula is C17H27FN2O. The largest absolute Gasteiger partial charge is 0.395 e. The van der Waals surface area contributed by atoms with Crippen molar-refractivity contribution in [2.45, 2.75) is 44.7 Å². The van der Waals surface area contributed by atoms with Crippen LogP contribution in [0.25, 0.3) is 0 Å². The maximum absolute atomic E-state index is 12.9. The molecule has 0 aliphatic carbocycles. The van der Waals surface area contributed by atoms with E-state index in [1.807, 2.05) is 12.1 Å². The maximum atomic E-state index is 12.9. The number of benzene rings is 1. The van der Waals surface area contributed by atoms with Crippen LogP contribution in [0.15, 0.2) is 24.3 Å². The van der Waals surface area contributed by atoms with Crippen molar-refractivity contribution >= 4 is 0 Å². The van der Waals surface area contributed by atoms with Crippen molar-refractivity contribution in [2.24, 2.45) is 0 Å². The molecule has 0 amide bonds. The fourth-order valence-corrected chi connectivity index (χ4v) is 3.02. The first kappa shape index (κ1) is 16.4. The molecule has 1 fully saturated rings. The lowest BCUT2D eigenvalue weighted by Gasteiger charge is -2.22. The molecule has 2 atom stereocenters. The van der Waals surface area contributed by atoms with Gasteiger partial charge in [0.1, 0.15) is 5.82 Å². The Morgan fingerprint density at radius 1 is 1.33 bits per heavy atom. The summed E-state index contributed by atoms with van der Waals surface area (Å²) in [7, 11) is 0. The van der Waals surface area contributed by atoms with E-state index in [0.717, 1.165) is 44.5 Å². The standard InChI is InChI=1S/C17H27FN2O/c1-14(15-6-8-16(18)9-7-15)19-10-2-3-11-20-12-4-5-17(20)13-21/h6-9,14,17,19,21H,2-5,10-13H2,1H3. The maximum Gasteiger partial charge on any atom is 0.123 e. The number of aliphatic hydroxyl groups is 1. The van der Waals surface area contributed by atoms with Crippen LogP contribution in [0.3, 0.4) is 0 Å². The molecule has 0 spiro atoms. The van der Waals surface area contributed by atoms with Gasteiger partial charge in [-0.05, 0) is 69.9 Å². The summed E-state index contributed by atoms with van der Waals surface area (Å²) < 4.78 is 12.9. The van der Waals surface area contributed by atoms with Crippen molar-refractivity contribution in [2.75, 3.05) is 26.2 Å². The number of likely N-dealkylation sites (tertiary alicyclic amines) is 1. The van der Waals surface area contributed by atoms with Gasteiger partial charge in [0.05, 0.1) is 6.61 Å². The number of unbranched alkanes of at least 4 members (excludes halogenated alkanes) is 1. The molecule has 21 heavy (non-hydrogen) atoms. The van der Waals surface area contributed by atoms with E-state index >= 15 is 0 Å². The monoisotopic (exact) mass is 294 g/mol. The predicted octanol–water partition coefficient (Wildman–Crippen LogP) is 2.71. The number of hydrogen-bond donors (Lipinski definition) is 2. The molecule has 0 aromatic heterocycles. The molecule has 118 valence electrons. The minimum absolute atomic E-state index is 0.185. The summed E-state index contributed by atoms with van der Waals surface area (Å²) in [4.78, 5) is 2.41. The fourth-order valence-electron chi connectivity index (χ4n) is 3.02. The number of halogens is 1. The molecule has 2 unspecified atom stereocenters. The van der Waals surface area contributed by atoms with Crippen molar-refractivity contribution in [3.05, 3.63) is 35.6 Å². The van der Waals surface area contributed by atoms with Crippen LogP contribution in [-0.2, 0) is 0 Å². The van der Waals surface area contributed by atoms with Crippen LogP contribution in [0.1, 0.15) is 44.2 Å². The SMILES string of the molecule is CC(NCCCCN1CCCC1CO)c1ccc(F)cc1. The Morgan fingerprint density at radius 3 is 2.81 bits per heavy atom. The van der Waals surface area contributed by atoms with Gasteiger partial charge in [0.2, 0.25) is 0 Å². The van der Waals surface area contributed by atoms with Gasteiger partial charge < -0.3 is 10.4 Å². The molecular weight excluding hydrogens is 267 g/mol. The predicted molar refractivity (Wildman–Crippen MR) is 83.7 cm³/mol. The molecule has 0 saturated carbocycles. The second-order valence-corrected chi connectivity index (χ2v) is 5.95. The Bertz CT molecular complexity index is 410. The number of hydrogen-bond acceptors (Lipinski definition) is 3. The average molecular weight is 294 g/mol. The van der Waals surface area contributed by atoms with Crippen LogP contribution < -0.4 is 5.32 Å². The van der Waals surface area contributed by atoms with Crippen molar-refractivity contribution in [3.8, 4) is 0 Å². The van der Waals surface area contributed by atoms with E-state index in [2.05, 4.69) is 17.1 Å². The van der Waals surface area contributed by atoms with E-state index in [0.29, 0.717) is 12.6 Å². The van der Waals surface area contributed by atoms with Crippen molar-refractivity contribution in [3.63, 3.8) is 0 Å². The first-order valence-corrected chi connectivity index (χ1v) is 8.04. The molecule has 1 aromatic rings. The summed E-state index contributed by atoms with van der Waals surface area (Å²) in [5.74, 6) is -0.185. The fraction of sp³-hybridized carbons (Fsp3) is 0.647. The van der Waals surface area contributed by atoms with Gasteiger partial charge in [0.15, 0.2) is 0 Å². The molecule has 0 bridgehead atoms. The van der Waals surface area contributed by atoms with E-state index in [1.54, 1.807) is 0 Å². The highest BCUT2D eigenvalue weighted by atomic mass is 19.1. The van der Waals surface area contributed by atoms with E-state index in [-0.39, 0.29) is 11.9 Å². The molecule has 0 radical (unpaired) electrons. The first-order valence-electron chi connectivity index (χ1n) is 8.04. The van der Waals surface area contributed by atoms with E-state index < -0.39 is 0 Å². The van der Waals surface area contributed by atoms with Crippen LogP contribution in [0.4, 0.5) is 4.39 Å². The number of rotatable bonds is 8. The van der Waals surface area contributed by atoms with Crippen molar-refractivity contribution in [1.82, 2.24) is 10.2 Å². The summed E-state index contributed by atoms with van der Waals surface area (Å²) in [5, 5.41) is 12.8. The Balaban J connectivity index is 1.60. The lowest BCUT2D eigenvalue weighted by molar-refractivity contribution is 0.157. The molecule has 2 rings (SSSR count). The zero-order valence-electron chi connectivity index (χ0n) is 12.9. The average Bonchev–Trinajstić information content (AvgIpc) is 2.95. The highest BCUT2D eigenvalue weighted by molar-refractivity contribution is 5.19. The number of aliphatic hydroxyl groups excluding tert-OH is 1. The molecule has 1 saturated heterocycles. The Hall–Kier alpha value is -0.970. The third-order valence-corrected chi connectivity index (χ3v) is 4.40. The molecule has 4 heteroatoms. The van der Waals surface area contributed by atoms with Gasteiger partial charge in [-0.25, -0.2) is 4.39 Å². The van der Waals surface area contributed by atoms with E-state index in [1.165, 1.54) is 18.6 Å². The lowest BCUT2D eigenvalue weighted by atomic mass is 10.1. The lowest BCUT2D eigenvalue weighted by Crippen LogP contribution is -2.33. The highest BCUT2D eigenvalue weighted by Crippen LogP contribution is 2.17. The van der Waals surface area contributed by atoms with Crippen LogP contribution in [-0.4, -0.2) is 42.3 Å². The Kier molecular flexibility index (Phi) is 6.61. The van der Waals surface area contributed by atoms with E-state index in [9.17, 15) is 9.50 Å². The molecule has 1 aliphatic rings. The summed E-state index contributed by atoms with van der Waals surface area (Å²) in [6, 6.07) is 7.33. The summed E-state index contributed by atoms with van der Waals surface area (Å²) in [5.41, 5.74) is 1.12. The second-order valence-electron chi connectivity index (χ2n) is 5.95.